The standard InChI is InChI=1S/C11H16N2O2/c1-8-5-4-6-9(13-8)7-12-11(2,3)10(14)15/h4-6,12H,7H2,1-3H3,(H,14,15). The van der Waals surface area contributed by atoms with E-state index in [1.165, 1.54) is 0 Å². The third kappa shape index (κ3) is 3.32. The highest BCUT2D eigenvalue weighted by Crippen LogP contribution is 2.04. The molecule has 0 aromatic carbocycles. The zero-order valence-electron chi connectivity index (χ0n) is 9.24. The molecule has 0 aliphatic carbocycles. The molecule has 1 rings (SSSR count). The Bertz CT molecular complexity index is 361. The fourth-order valence-corrected chi connectivity index (χ4v) is 1.09. The maximum Gasteiger partial charge on any atom is 0.323 e. The molecule has 1 heterocycles. The number of nitrogens with zero attached hydrogens (tertiary/aromatic N) is 1. The molecule has 4 nitrogen and oxygen atoms in total. The summed E-state index contributed by atoms with van der Waals surface area (Å²) < 4.78 is 0. The Morgan fingerprint density at radius 1 is 1.53 bits per heavy atom. The van der Waals surface area contributed by atoms with E-state index in [-0.39, 0.29) is 0 Å². The second kappa shape index (κ2) is 4.40. The molecule has 0 saturated carbocycles. The van der Waals surface area contributed by atoms with E-state index in [2.05, 4.69) is 10.3 Å². The predicted molar refractivity (Wildman–Crippen MR) is 57.5 cm³/mol. The van der Waals surface area contributed by atoms with E-state index in [1.807, 2.05) is 25.1 Å². The number of aromatic nitrogens is 1. The number of carbonyl (C=O) groups is 1. The van der Waals surface area contributed by atoms with E-state index >= 15 is 0 Å². The molecule has 0 radical (unpaired) electrons. The van der Waals surface area contributed by atoms with E-state index in [0.29, 0.717) is 6.54 Å². The Kier molecular flexibility index (Phi) is 3.42. The Morgan fingerprint density at radius 3 is 2.73 bits per heavy atom. The molecule has 0 bridgehead atoms. The summed E-state index contributed by atoms with van der Waals surface area (Å²) >= 11 is 0. The average molecular weight is 208 g/mol. The van der Waals surface area contributed by atoms with Gasteiger partial charge in [-0.25, -0.2) is 0 Å². The van der Waals surface area contributed by atoms with Gasteiger partial charge in [-0.1, -0.05) is 6.07 Å². The minimum Gasteiger partial charge on any atom is -0.480 e. The van der Waals surface area contributed by atoms with Gasteiger partial charge in [0, 0.05) is 12.2 Å². The van der Waals surface area contributed by atoms with E-state index < -0.39 is 11.5 Å². The Labute approximate surface area is 89.3 Å². The van der Waals surface area contributed by atoms with Crippen molar-refractivity contribution >= 4 is 5.97 Å². The summed E-state index contributed by atoms with van der Waals surface area (Å²) in [6.07, 6.45) is 0. The highest BCUT2D eigenvalue weighted by molar-refractivity contribution is 5.77. The van der Waals surface area contributed by atoms with Gasteiger partial charge >= 0.3 is 5.97 Å². The molecular weight excluding hydrogens is 192 g/mol. The van der Waals surface area contributed by atoms with Crippen LogP contribution in [0.2, 0.25) is 0 Å². The molecule has 0 amide bonds. The lowest BCUT2D eigenvalue weighted by Gasteiger charge is -2.20. The first-order valence-electron chi connectivity index (χ1n) is 4.83. The van der Waals surface area contributed by atoms with Gasteiger partial charge in [0.15, 0.2) is 0 Å². The largest absolute Gasteiger partial charge is 0.480 e. The van der Waals surface area contributed by atoms with Gasteiger partial charge in [0.05, 0.1) is 5.69 Å². The summed E-state index contributed by atoms with van der Waals surface area (Å²) in [7, 11) is 0. The van der Waals surface area contributed by atoms with Gasteiger partial charge in [-0.15, -0.1) is 0 Å². The highest BCUT2D eigenvalue weighted by atomic mass is 16.4. The predicted octanol–water partition coefficient (Wildman–Crippen LogP) is 1.34. The quantitative estimate of drug-likeness (QED) is 0.784. The maximum atomic E-state index is 10.8. The summed E-state index contributed by atoms with van der Waals surface area (Å²) in [5.41, 5.74) is 0.859. The van der Waals surface area contributed by atoms with Crippen LogP contribution >= 0.6 is 0 Å². The number of carboxylic acids is 1. The van der Waals surface area contributed by atoms with Crippen LogP contribution in [0.3, 0.4) is 0 Å². The number of pyridine rings is 1. The molecule has 0 aliphatic rings. The smallest absolute Gasteiger partial charge is 0.323 e. The molecule has 0 unspecified atom stereocenters. The Balaban J connectivity index is 2.61. The number of aryl methyl sites for hydroxylation is 1. The second-order valence-corrected chi connectivity index (χ2v) is 4.05. The third-order valence-corrected chi connectivity index (χ3v) is 2.19. The molecule has 0 spiro atoms. The topological polar surface area (TPSA) is 62.2 Å². The number of hydrogen-bond acceptors (Lipinski definition) is 3. The fraction of sp³-hybridized carbons (Fsp3) is 0.455. The van der Waals surface area contributed by atoms with Gasteiger partial charge in [-0.05, 0) is 32.9 Å². The van der Waals surface area contributed by atoms with Crippen molar-refractivity contribution in [2.45, 2.75) is 32.9 Å². The van der Waals surface area contributed by atoms with Gasteiger partial charge in [0.1, 0.15) is 5.54 Å². The summed E-state index contributed by atoms with van der Waals surface area (Å²) in [5, 5.41) is 11.8. The zero-order valence-corrected chi connectivity index (χ0v) is 9.24. The molecule has 0 aliphatic heterocycles. The van der Waals surface area contributed by atoms with Gasteiger partial charge < -0.3 is 5.11 Å². The van der Waals surface area contributed by atoms with Gasteiger partial charge in [-0.3, -0.25) is 15.1 Å². The lowest BCUT2D eigenvalue weighted by atomic mass is 10.1. The Hall–Kier alpha value is -1.42. The van der Waals surface area contributed by atoms with Crippen molar-refractivity contribution in [1.29, 1.82) is 0 Å². The first-order chi connectivity index (χ1) is 6.92. The fourth-order valence-electron chi connectivity index (χ4n) is 1.09. The molecule has 0 saturated heterocycles. The average Bonchev–Trinajstić information content (AvgIpc) is 2.15. The highest BCUT2D eigenvalue weighted by Gasteiger charge is 2.25. The normalized spacial score (nSPS) is 11.4. The van der Waals surface area contributed by atoms with Crippen LogP contribution in [0.1, 0.15) is 25.2 Å². The van der Waals surface area contributed by atoms with Crippen LogP contribution in [-0.2, 0) is 11.3 Å². The van der Waals surface area contributed by atoms with Crippen molar-refractivity contribution in [3.63, 3.8) is 0 Å². The molecular formula is C11H16N2O2. The minimum absolute atomic E-state index is 0.459. The van der Waals surface area contributed by atoms with E-state index in [1.54, 1.807) is 13.8 Å². The van der Waals surface area contributed by atoms with Crippen LogP contribution in [0.4, 0.5) is 0 Å². The van der Waals surface area contributed by atoms with E-state index in [9.17, 15) is 4.79 Å². The van der Waals surface area contributed by atoms with Crippen LogP contribution < -0.4 is 5.32 Å². The third-order valence-electron chi connectivity index (χ3n) is 2.19. The first kappa shape index (κ1) is 11.7. The van der Waals surface area contributed by atoms with Crippen LogP contribution in [0, 0.1) is 6.92 Å². The van der Waals surface area contributed by atoms with Gasteiger partial charge in [0.2, 0.25) is 0 Å². The van der Waals surface area contributed by atoms with Gasteiger partial charge in [0.25, 0.3) is 0 Å². The van der Waals surface area contributed by atoms with Crippen molar-refractivity contribution in [3.8, 4) is 0 Å². The summed E-state index contributed by atoms with van der Waals surface area (Å²) in [6.45, 7) is 5.63. The molecule has 0 fully saturated rings. The van der Waals surface area contributed by atoms with Crippen molar-refractivity contribution in [2.24, 2.45) is 0 Å². The van der Waals surface area contributed by atoms with E-state index in [0.717, 1.165) is 11.4 Å². The molecule has 0 atom stereocenters. The summed E-state index contributed by atoms with van der Waals surface area (Å²) in [5.74, 6) is -0.866. The van der Waals surface area contributed by atoms with Crippen molar-refractivity contribution in [1.82, 2.24) is 10.3 Å². The lowest BCUT2D eigenvalue weighted by Crippen LogP contribution is -2.46. The monoisotopic (exact) mass is 208 g/mol. The number of rotatable bonds is 4. The maximum absolute atomic E-state index is 10.8. The van der Waals surface area contributed by atoms with Crippen molar-refractivity contribution in [3.05, 3.63) is 29.6 Å². The molecule has 4 heteroatoms. The minimum atomic E-state index is -0.925. The summed E-state index contributed by atoms with van der Waals surface area (Å²) in [6, 6.07) is 5.69. The SMILES string of the molecule is Cc1cccc(CNC(C)(C)C(=O)O)n1. The molecule has 15 heavy (non-hydrogen) atoms. The summed E-state index contributed by atoms with van der Waals surface area (Å²) in [4.78, 5) is 15.1. The van der Waals surface area contributed by atoms with Crippen molar-refractivity contribution in [2.75, 3.05) is 0 Å². The molecule has 2 N–H and O–H groups in total. The number of nitrogens with one attached hydrogen (secondary N) is 1. The van der Waals surface area contributed by atoms with Gasteiger partial charge in [-0.2, -0.15) is 0 Å². The van der Waals surface area contributed by atoms with Crippen LogP contribution in [0.15, 0.2) is 18.2 Å². The van der Waals surface area contributed by atoms with Crippen LogP contribution in [0.25, 0.3) is 0 Å². The van der Waals surface area contributed by atoms with Crippen LogP contribution in [0.5, 0.6) is 0 Å². The number of aliphatic carboxylic acids is 1. The lowest BCUT2D eigenvalue weighted by molar-refractivity contribution is -0.143. The Morgan fingerprint density at radius 2 is 2.20 bits per heavy atom. The first-order valence-corrected chi connectivity index (χ1v) is 4.83. The molecule has 82 valence electrons. The van der Waals surface area contributed by atoms with Crippen LogP contribution in [-0.4, -0.2) is 21.6 Å². The second-order valence-electron chi connectivity index (χ2n) is 4.05. The van der Waals surface area contributed by atoms with Crippen molar-refractivity contribution < 1.29 is 9.90 Å². The molecule has 1 aromatic heterocycles. The zero-order chi connectivity index (χ0) is 11.5. The number of carboxylic acid groups (broad SMARTS) is 1. The molecule has 1 aromatic rings. The number of hydrogen-bond donors (Lipinski definition) is 2. The van der Waals surface area contributed by atoms with E-state index in [4.69, 9.17) is 5.11 Å².